The van der Waals surface area contributed by atoms with E-state index in [4.69, 9.17) is 0 Å². The summed E-state index contributed by atoms with van der Waals surface area (Å²) >= 11 is 0. The van der Waals surface area contributed by atoms with E-state index in [1.54, 1.807) is 0 Å². The van der Waals surface area contributed by atoms with E-state index >= 15 is 0 Å². The number of rotatable bonds is 2. The van der Waals surface area contributed by atoms with Gasteiger partial charge in [-0.2, -0.15) is 0 Å². The molecule has 1 radical (unpaired) electrons. The Balaban J connectivity index is 3.56. The smallest absolute Gasteiger partial charge is 0.324 e. The van der Waals surface area contributed by atoms with Gasteiger partial charge in [0.15, 0.2) is 0 Å². The summed E-state index contributed by atoms with van der Waals surface area (Å²) in [6.45, 7) is 2.99. The van der Waals surface area contributed by atoms with E-state index < -0.39 is 17.0 Å². The Bertz CT molecular complexity index is 111. The Kier molecular flexibility index (Phi) is 2.80. The first-order valence-electron chi connectivity index (χ1n) is 1.91. The molecule has 0 aromatic carbocycles. The zero-order valence-corrected chi connectivity index (χ0v) is 6.41. The number of hydrogen-bond donors (Lipinski definition) is 0. The van der Waals surface area contributed by atoms with Crippen LogP contribution in [0.5, 0.6) is 0 Å². The summed E-state index contributed by atoms with van der Waals surface area (Å²) in [6, 6.07) is 0. The highest BCUT2D eigenvalue weighted by atomic mass is 31.2. The summed E-state index contributed by atoms with van der Waals surface area (Å²) < 4.78 is 35.9. The van der Waals surface area contributed by atoms with Crippen LogP contribution in [-0.4, -0.2) is 9.04 Å². The minimum absolute atomic E-state index is 1.50. The highest BCUT2D eigenvalue weighted by Gasteiger charge is 2.22. The molecule has 0 N–H and O–H groups in total. The minimum atomic E-state index is -5.18. The Morgan fingerprint density at radius 1 is 1.50 bits per heavy atom. The van der Waals surface area contributed by atoms with Crippen LogP contribution < -0.4 is 0 Å². The normalized spacial score (nSPS) is 12.6. The average molecular weight is 159 g/mol. The van der Waals surface area contributed by atoms with Crippen LogP contribution in [-0.2, 0) is 8.78 Å². The highest BCUT2D eigenvalue weighted by molar-refractivity contribution is 7.49. The van der Waals surface area contributed by atoms with Crippen LogP contribution in [0.3, 0.4) is 0 Å². The van der Waals surface area contributed by atoms with Gasteiger partial charge in [-0.05, 0) is 13.1 Å². The van der Waals surface area contributed by atoms with Crippen LogP contribution >= 0.6 is 7.99 Å². The Morgan fingerprint density at radius 3 is 1.88 bits per heavy atom. The second kappa shape index (κ2) is 2.71. The fourth-order valence-corrected chi connectivity index (χ4v) is 1.91. The molecule has 0 atom stereocenters. The third-order valence-electron chi connectivity index (χ3n) is 0.289. The Hall–Kier alpha value is 0.267. The lowest BCUT2D eigenvalue weighted by Gasteiger charge is -2.00. The van der Waals surface area contributed by atoms with Crippen LogP contribution in [0.1, 0.15) is 0 Å². The lowest BCUT2D eigenvalue weighted by molar-refractivity contribution is 0.389. The minimum Gasteiger partial charge on any atom is -0.324 e. The average Bonchev–Trinajstić information content (AvgIpc) is 1.21. The van der Waals surface area contributed by atoms with E-state index in [2.05, 4.69) is 4.21 Å². The Morgan fingerprint density at radius 2 is 1.88 bits per heavy atom. The molecule has 0 rings (SSSR count). The van der Waals surface area contributed by atoms with Gasteiger partial charge in [-0.3, -0.25) is 0 Å². The zero-order valence-electron chi connectivity index (χ0n) is 4.52. The van der Waals surface area contributed by atoms with Crippen molar-refractivity contribution in [1.29, 1.82) is 0 Å². The lowest BCUT2D eigenvalue weighted by atomic mass is 11.9. The van der Waals surface area contributed by atoms with Crippen molar-refractivity contribution >= 4 is 17.0 Å². The molecule has 6 heteroatoms. The van der Waals surface area contributed by atoms with E-state index in [1.807, 2.05) is 0 Å². The summed E-state index contributed by atoms with van der Waals surface area (Å²) in [5.74, 6) is 0. The van der Waals surface area contributed by atoms with Crippen molar-refractivity contribution in [3.8, 4) is 0 Å². The van der Waals surface area contributed by atoms with Crippen molar-refractivity contribution in [2.75, 3.05) is 0 Å². The third kappa shape index (κ3) is 6.27. The van der Waals surface area contributed by atoms with Gasteiger partial charge in [-0.1, -0.05) is 0 Å². The summed E-state index contributed by atoms with van der Waals surface area (Å²) in [5, 5.41) is 0. The van der Waals surface area contributed by atoms with Gasteiger partial charge < -0.3 is 4.21 Å². The van der Waals surface area contributed by atoms with E-state index in [-0.39, 0.29) is 0 Å². The lowest BCUT2D eigenvalue weighted by Crippen LogP contribution is -2.01. The standard InChI is InChI=1S/C2H6F2O2PSi/c1-8(2)6-7(3,4)5/h1-2H3. The molecule has 8 heavy (non-hydrogen) atoms. The second-order valence-electron chi connectivity index (χ2n) is 1.41. The molecule has 0 spiro atoms. The zero-order chi connectivity index (χ0) is 6.78. The molecular formula is C2H6F2O2PSi. The first-order chi connectivity index (χ1) is 3.42. The maximum Gasteiger partial charge on any atom is 0.541 e. The molecule has 0 aliphatic heterocycles. The molecule has 2 nitrogen and oxygen atoms in total. The number of halogens is 2. The van der Waals surface area contributed by atoms with Crippen LogP contribution in [0.15, 0.2) is 0 Å². The number of hydrogen-bond acceptors (Lipinski definition) is 2. The molecule has 0 saturated heterocycles. The van der Waals surface area contributed by atoms with E-state index in [9.17, 15) is 13.0 Å². The highest BCUT2D eigenvalue weighted by Crippen LogP contribution is 2.50. The molecule has 0 aromatic heterocycles. The van der Waals surface area contributed by atoms with Gasteiger partial charge in [-0.15, -0.1) is 8.39 Å². The van der Waals surface area contributed by atoms with Gasteiger partial charge in [0, 0.05) is 0 Å². The molecular weight excluding hydrogens is 153 g/mol. The topological polar surface area (TPSA) is 26.3 Å². The van der Waals surface area contributed by atoms with Crippen LogP contribution in [0.25, 0.3) is 0 Å². The van der Waals surface area contributed by atoms with Gasteiger partial charge in [0.1, 0.15) is 0 Å². The van der Waals surface area contributed by atoms with Crippen molar-refractivity contribution < 1.29 is 17.2 Å². The molecule has 0 bridgehead atoms. The summed E-state index contributed by atoms with van der Waals surface area (Å²) in [7, 11) is -6.68. The van der Waals surface area contributed by atoms with E-state index in [1.165, 1.54) is 13.1 Å². The molecule has 0 fully saturated rings. The summed E-state index contributed by atoms with van der Waals surface area (Å²) in [5.41, 5.74) is 0. The predicted molar refractivity (Wildman–Crippen MR) is 28.4 cm³/mol. The van der Waals surface area contributed by atoms with Crippen LogP contribution in [0.2, 0.25) is 13.1 Å². The fraction of sp³-hybridized carbons (Fsp3) is 1.00. The summed E-state index contributed by atoms with van der Waals surface area (Å²) in [4.78, 5) is 0. The predicted octanol–water partition coefficient (Wildman–Crippen LogP) is 2.30. The molecule has 0 aromatic rings. The maximum atomic E-state index is 11.3. The van der Waals surface area contributed by atoms with E-state index in [0.29, 0.717) is 0 Å². The van der Waals surface area contributed by atoms with Gasteiger partial charge in [-0.25, -0.2) is 4.57 Å². The molecule has 49 valence electrons. The molecule has 0 aliphatic carbocycles. The SMILES string of the molecule is C[Si](C)OP(=O)(F)F. The van der Waals surface area contributed by atoms with Gasteiger partial charge in [0.2, 0.25) is 9.04 Å². The molecule has 0 heterocycles. The van der Waals surface area contributed by atoms with Crippen molar-refractivity contribution in [1.82, 2.24) is 0 Å². The molecule has 0 saturated carbocycles. The van der Waals surface area contributed by atoms with E-state index in [0.717, 1.165) is 0 Å². The first-order valence-corrected chi connectivity index (χ1v) is 5.72. The second-order valence-corrected chi connectivity index (χ2v) is 4.79. The Labute approximate surface area is 48.3 Å². The fourth-order valence-electron chi connectivity index (χ4n) is 0.213. The van der Waals surface area contributed by atoms with Crippen molar-refractivity contribution in [3.63, 3.8) is 0 Å². The van der Waals surface area contributed by atoms with Crippen LogP contribution in [0, 0.1) is 0 Å². The molecule has 0 amide bonds. The van der Waals surface area contributed by atoms with Gasteiger partial charge in [0.05, 0.1) is 0 Å². The summed E-state index contributed by atoms with van der Waals surface area (Å²) in [6.07, 6.45) is 0. The monoisotopic (exact) mass is 159 g/mol. The van der Waals surface area contributed by atoms with Gasteiger partial charge in [0.25, 0.3) is 0 Å². The largest absolute Gasteiger partial charge is 0.541 e. The molecule has 0 aliphatic rings. The maximum absolute atomic E-state index is 11.3. The van der Waals surface area contributed by atoms with Crippen molar-refractivity contribution in [2.24, 2.45) is 0 Å². The molecule has 0 unspecified atom stereocenters. The third-order valence-corrected chi connectivity index (χ3v) is 2.60. The van der Waals surface area contributed by atoms with Gasteiger partial charge >= 0.3 is 7.99 Å². The first kappa shape index (κ1) is 8.27. The quantitative estimate of drug-likeness (QED) is 0.456. The van der Waals surface area contributed by atoms with Crippen molar-refractivity contribution in [2.45, 2.75) is 13.1 Å². The van der Waals surface area contributed by atoms with Crippen LogP contribution in [0.4, 0.5) is 8.39 Å². The van der Waals surface area contributed by atoms with Crippen molar-refractivity contribution in [3.05, 3.63) is 0 Å².